The van der Waals surface area contributed by atoms with E-state index in [1.54, 1.807) is 6.20 Å². The molecule has 5 nitrogen and oxygen atoms in total. The first kappa shape index (κ1) is 16.1. The fourth-order valence-corrected chi connectivity index (χ4v) is 4.68. The van der Waals surface area contributed by atoms with Crippen LogP contribution in [0.2, 0.25) is 0 Å². The van der Waals surface area contributed by atoms with Crippen molar-refractivity contribution in [1.29, 1.82) is 0 Å². The van der Waals surface area contributed by atoms with Gasteiger partial charge in [-0.15, -0.1) is 0 Å². The minimum absolute atomic E-state index is 0.299. The predicted octanol–water partition coefficient (Wildman–Crippen LogP) is 3.32. The normalized spacial score (nSPS) is 31.5. The minimum Gasteiger partial charge on any atom is -0.473 e. The zero-order chi connectivity index (χ0) is 16.4. The van der Waals surface area contributed by atoms with Crippen LogP contribution < -0.4 is 9.64 Å². The lowest BCUT2D eigenvalue weighted by Gasteiger charge is -2.47. The van der Waals surface area contributed by atoms with Crippen LogP contribution in [-0.2, 0) is 0 Å². The van der Waals surface area contributed by atoms with E-state index in [9.17, 15) is 5.11 Å². The highest BCUT2D eigenvalue weighted by Crippen LogP contribution is 2.40. The van der Waals surface area contributed by atoms with Crippen LogP contribution in [0.5, 0.6) is 5.88 Å². The molecule has 0 aromatic carbocycles. The average molecular weight is 331 g/mol. The second-order valence-electron chi connectivity index (χ2n) is 7.84. The Morgan fingerprint density at radius 2 is 1.88 bits per heavy atom. The van der Waals surface area contributed by atoms with Gasteiger partial charge in [-0.25, -0.2) is 0 Å². The monoisotopic (exact) mass is 331 g/mol. The van der Waals surface area contributed by atoms with E-state index in [1.807, 2.05) is 6.20 Å². The second-order valence-corrected chi connectivity index (χ2v) is 7.84. The van der Waals surface area contributed by atoms with E-state index in [-0.39, 0.29) is 0 Å². The maximum absolute atomic E-state index is 10.8. The number of aliphatic hydroxyl groups is 1. The number of piperidine rings is 1. The molecule has 3 aliphatic rings. The molecule has 1 N–H and O–H groups in total. The maximum atomic E-state index is 10.8. The molecule has 24 heavy (non-hydrogen) atoms. The number of aromatic nitrogens is 2. The van der Waals surface area contributed by atoms with E-state index in [0.717, 1.165) is 57.4 Å². The minimum atomic E-state index is -0.446. The number of anilines is 1. The molecule has 0 bridgehead atoms. The highest BCUT2D eigenvalue weighted by Gasteiger charge is 2.43. The fraction of sp³-hybridized carbons (Fsp3) is 0.789. The summed E-state index contributed by atoms with van der Waals surface area (Å²) in [6, 6.07) is 0. The Labute approximate surface area is 144 Å². The van der Waals surface area contributed by atoms with Crippen LogP contribution in [0.1, 0.15) is 64.2 Å². The van der Waals surface area contributed by atoms with E-state index in [2.05, 4.69) is 9.88 Å². The van der Waals surface area contributed by atoms with Crippen LogP contribution in [0.25, 0.3) is 0 Å². The molecule has 1 aromatic heterocycles. The van der Waals surface area contributed by atoms with E-state index >= 15 is 0 Å². The van der Waals surface area contributed by atoms with Crippen molar-refractivity contribution < 1.29 is 9.84 Å². The summed E-state index contributed by atoms with van der Waals surface area (Å²) >= 11 is 0. The van der Waals surface area contributed by atoms with Gasteiger partial charge in [0.15, 0.2) is 5.82 Å². The van der Waals surface area contributed by atoms with Gasteiger partial charge in [-0.2, -0.15) is 4.98 Å². The third-order valence-electron chi connectivity index (χ3n) is 6.19. The maximum Gasteiger partial charge on any atom is 0.234 e. The Morgan fingerprint density at radius 3 is 2.75 bits per heavy atom. The third kappa shape index (κ3) is 3.37. The second kappa shape index (κ2) is 6.87. The Bertz CT molecular complexity index is 561. The van der Waals surface area contributed by atoms with Crippen molar-refractivity contribution in [3.63, 3.8) is 0 Å². The lowest BCUT2D eigenvalue weighted by atomic mass is 9.71. The summed E-state index contributed by atoms with van der Waals surface area (Å²) in [6.07, 6.45) is 15.3. The molecule has 1 aliphatic heterocycles. The largest absolute Gasteiger partial charge is 0.473 e. The van der Waals surface area contributed by atoms with Crippen LogP contribution in [0.4, 0.5) is 5.82 Å². The summed E-state index contributed by atoms with van der Waals surface area (Å²) in [5, 5.41) is 10.8. The lowest BCUT2D eigenvalue weighted by Crippen LogP contribution is -2.53. The molecule has 0 spiro atoms. The first-order chi connectivity index (χ1) is 11.7. The molecule has 2 unspecified atom stereocenters. The molecule has 2 atom stereocenters. The predicted molar refractivity (Wildman–Crippen MR) is 93.3 cm³/mol. The van der Waals surface area contributed by atoms with Crippen molar-refractivity contribution in [2.75, 3.05) is 18.0 Å². The van der Waals surface area contributed by atoms with Gasteiger partial charge in [-0.3, -0.25) is 4.98 Å². The summed E-state index contributed by atoms with van der Waals surface area (Å²) < 4.78 is 6.06. The molecule has 132 valence electrons. The first-order valence-electron chi connectivity index (χ1n) is 9.69. The number of fused-ring (bicyclic) bond motifs is 1. The van der Waals surface area contributed by atoms with Gasteiger partial charge in [0.05, 0.1) is 18.0 Å². The Hall–Kier alpha value is -1.36. The molecule has 2 aliphatic carbocycles. The molecule has 1 aromatic rings. The first-order valence-corrected chi connectivity index (χ1v) is 9.69. The van der Waals surface area contributed by atoms with Crippen LogP contribution in [-0.4, -0.2) is 39.9 Å². The van der Waals surface area contributed by atoms with Crippen molar-refractivity contribution >= 4 is 5.82 Å². The summed E-state index contributed by atoms with van der Waals surface area (Å²) in [5.74, 6) is 1.92. The molecule has 0 radical (unpaired) electrons. The molecule has 0 amide bonds. The van der Waals surface area contributed by atoms with Crippen molar-refractivity contribution in [2.45, 2.75) is 75.9 Å². The lowest BCUT2D eigenvalue weighted by molar-refractivity contribution is -0.0613. The standard InChI is InChI=1S/C19H29N3O2/c23-19-9-5-4-6-15(19)14-22(11-10-19)17-12-20-13-18(21-17)24-16-7-2-1-3-8-16/h12-13,15-16,23H,1-11,14H2. The number of ether oxygens (including phenoxy) is 1. The van der Waals surface area contributed by atoms with Gasteiger partial charge in [0.1, 0.15) is 6.10 Å². The highest BCUT2D eigenvalue weighted by atomic mass is 16.5. The van der Waals surface area contributed by atoms with Gasteiger partial charge in [0.25, 0.3) is 0 Å². The number of hydrogen-bond donors (Lipinski definition) is 1. The Kier molecular flexibility index (Phi) is 4.61. The Morgan fingerprint density at radius 1 is 1.04 bits per heavy atom. The van der Waals surface area contributed by atoms with Crippen LogP contribution in [0, 0.1) is 5.92 Å². The third-order valence-corrected chi connectivity index (χ3v) is 6.19. The van der Waals surface area contributed by atoms with E-state index in [0.29, 0.717) is 17.9 Å². The van der Waals surface area contributed by atoms with Gasteiger partial charge >= 0.3 is 0 Å². The molecule has 3 fully saturated rings. The Balaban J connectivity index is 1.43. The van der Waals surface area contributed by atoms with Gasteiger partial charge in [0.2, 0.25) is 5.88 Å². The average Bonchev–Trinajstić information content (AvgIpc) is 2.62. The van der Waals surface area contributed by atoms with Gasteiger partial charge in [0, 0.05) is 19.0 Å². The van der Waals surface area contributed by atoms with Crippen LogP contribution in [0.3, 0.4) is 0 Å². The van der Waals surface area contributed by atoms with Gasteiger partial charge in [-0.05, 0) is 44.9 Å². The highest BCUT2D eigenvalue weighted by molar-refractivity contribution is 5.39. The summed E-state index contributed by atoms with van der Waals surface area (Å²) in [7, 11) is 0. The smallest absolute Gasteiger partial charge is 0.234 e. The van der Waals surface area contributed by atoms with Crippen LogP contribution >= 0.6 is 0 Å². The van der Waals surface area contributed by atoms with Crippen LogP contribution in [0.15, 0.2) is 12.4 Å². The van der Waals surface area contributed by atoms with Crippen molar-refractivity contribution in [1.82, 2.24) is 9.97 Å². The van der Waals surface area contributed by atoms with Crippen molar-refractivity contribution in [2.24, 2.45) is 5.92 Å². The summed E-state index contributed by atoms with van der Waals surface area (Å²) in [6.45, 7) is 1.74. The van der Waals surface area contributed by atoms with E-state index in [1.165, 1.54) is 25.7 Å². The molecule has 2 heterocycles. The topological polar surface area (TPSA) is 58.5 Å². The van der Waals surface area contributed by atoms with Gasteiger partial charge in [-0.1, -0.05) is 19.3 Å². The number of rotatable bonds is 3. The molecule has 1 saturated heterocycles. The SMILES string of the molecule is OC12CCCCC1CN(c1cncc(OC3CCCCC3)n1)CC2. The van der Waals surface area contributed by atoms with Crippen molar-refractivity contribution in [3.05, 3.63) is 12.4 Å². The molecule has 2 saturated carbocycles. The fourth-order valence-electron chi connectivity index (χ4n) is 4.68. The zero-order valence-corrected chi connectivity index (χ0v) is 14.5. The number of hydrogen-bond acceptors (Lipinski definition) is 5. The zero-order valence-electron chi connectivity index (χ0n) is 14.5. The molecular weight excluding hydrogens is 302 g/mol. The summed E-state index contributed by atoms with van der Waals surface area (Å²) in [5.41, 5.74) is -0.446. The molecule has 4 rings (SSSR count). The van der Waals surface area contributed by atoms with E-state index in [4.69, 9.17) is 9.72 Å². The summed E-state index contributed by atoms with van der Waals surface area (Å²) in [4.78, 5) is 11.3. The van der Waals surface area contributed by atoms with Crippen molar-refractivity contribution in [3.8, 4) is 5.88 Å². The van der Waals surface area contributed by atoms with Gasteiger partial charge < -0.3 is 14.7 Å². The number of nitrogens with zero attached hydrogens (tertiary/aromatic N) is 3. The molecular formula is C19H29N3O2. The van der Waals surface area contributed by atoms with E-state index < -0.39 is 5.60 Å². The molecule has 5 heteroatoms. The quantitative estimate of drug-likeness (QED) is 0.921.